The molecule has 2 heterocycles. The van der Waals surface area contributed by atoms with Crippen LogP contribution in [-0.4, -0.2) is 21.3 Å². The van der Waals surface area contributed by atoms with Crippen LogP contribution in [0.2, 0.25) is 5.02 Å². The van der Waals surface area contributed by atoms with Gasteiger partial charge in [-0.05, 0) is 70.8 Å². The number of nitriles is 1. The topological polar surface area (TPSA) is 72.1 Å². The highest BCUT2D eigenvalue weighted by atomic mass is 35.5. The molecule has 0 aliphatic carbocycles. The largest absolute Gasteiger partial charge is 0.465 e. The molecule has 4 aromatic carbocycles. The average Bonchev–Trinajstić information content (AvgIpc) is 3.66. The van der Waals surface area contributed by atoms with Gasteiger partial charge in [-0.1, -0.05) is 41.9 Å². The fourth-order valence-electron chi connectivity index (χ4n) is 5.30. The maximum absolute atomic E-state index is 14.8. The van der Waals surface area contributed by atoms with Gasteiger partial charge in [0.1, 0.15) is 16.8 Å². The van der Waals surface area contributed by atoms with E-state index in [1.807, 2.05) is 12.1 Å². The lowest BCUT2D eigenvalue weighted by molar-refractivity contribution is 0.0602. The van der Waals surface area contributed by atoms with E-state index in [4.69, 9.17) is 16.3 Å². The molecule has 0 amide bonds. The number of hydrogen-bond acceptors (Lipinski definition) is 5. The van der Waals surface area contributed by atoms with Crippen LogP contribution in [0.25, 0.3) is 44.4 Å². The molecule has 5 nitrogen and oxygen atoms in total. The molecule has 0 saturated heterocycles. The number of hydrogen-bond donors (Lipinski definition) is 0. The van der Waals surface area contributed by atoms with E-state index in [1.54, 1.807) is 29.6 Å². The van der Waals surface area contributed by atoms with E-state index in [0.29, 0.717) is 59.6 Å². The number of alkyl halides is 2. The van der Waals surface area contributed by atoms with Crippen LogP contribution >= 0.6 is 32.2 Å². The van der Waals surface area contributed by atoms with E-state index in [9.17, 15) is 27.4 Å². The molecule has 0 spiro atoms. The molecule has 2 atom stereocenters. The van der Waals surface area contributed by atoms with E-state index in [2.05, 4.69) is 15.3 Å². The zero-order valence-corrected chi connectivity index (χ0v) is 27.3. The highest BCUT2D eigenvalue weighted by Crippen LogP contribution is 2.45. The van der Waals surface area contributed by atoms with Crippen molar-refractivity contribution in [2.24, 2.45) is 0 Å². The van der Waals surface area contributed by atoms with E-state index in [-0.39, 0.29) is 16.0 Å². The molecule has 0 aliphatic rings. The normalized spacial score (nSPS) is 12.0. The summed E-state index contributed by atoms with van der Waals surface area (Å²) < 4.78 is 62.3. The third kappa shape index (κ3) is 5.65. The fraction of sp³-hybridized carbons (Fsp3) is 0.0588. The highest BCUT2D eigenvalue weighted by Gasteiger charge is 2.27. The van der Waals surface area contributed by atoms with Gasteiger partial charge in [0.2, 0.25) is 0 Å². The monoisotopic (exact) mass is 692 g/mol. The number of carbonyl (C=O) groups excluding carboxylic acids is 1. The molecule has 230 valence electrons. The van der Waals surface area contributed by atoms with E-state index in [0.717, 1.165) is 0 Å². The Bertz CT molecular complexity index is 2230. The van der Waals surface area contributed by atoms with Crippen molar-refractivity contribution in [2.75, 3.05) is 7.11 Å². The predicted octanol–water partition coefficient (Wildman–Crippen LogP) is 9.16. The molecule has 2 unspecified atom stereocenters. The first-order chi connectivity index (χ1) is 22.1. The number of carbonyl (C=O) groups is 1. The maximum Gasteiger partial charge on any atom is 0.338 e. The lowest BCUT2D eigenvalue weighted by Crippen LogP contribution is -2.11. The summed E-state index contributed by atoms with van der Waals surface area (Å²) >= 11 is 7.89. The second-order valence-corrected chi connectivity index (χ2v) is 13.3. The third-order valence-electron chi connectivity index (χ3n) is 7.41. The molecule has 0 radical (unpaired) electrons. The minimum absolute atomic E-state index is 0.214. The number of fused-ring (bicyclic) bond motifs is 1. The average molecular weight is 693 g/mol. The smallest absolute Gasteiger partial charge is 0.338 e. The van der Waals surface area contributed by atoms with E-state index in [1.165, 1.54) is 70.9 Å². The van der Waals surface area contributed by atoms with Gasteiger partial charge in [0, 0.05) is 38.2 Å². The molecular formula is C34H21ClF3N2O3PS2. The predicted molar refractivity (Wildman–Crippen MR) is 180 cm³/mol. The summed E-state index contributed by atoms with van der Waals surface area (Å²) in [7, 11) is 1.79. The van der Waals surface area contributed by atoms with E-state index >= 15 is 0 Å². The molecule has 46 heavy (non-hydrogen) atoms. The van der Waals surface area contributed by atoms with Crippen LogP contribution in [0.5, 0.6) is 0 Å². The lowest BCUT2D eigenvalue weighted by atomic mass is 9.96. The summed E-state index contributed by atoms with van der Waals surface area (Å²) in [5.74, 6) is -1.07. The van der Waals surface area contributed by atoms with Crippen LogP contribution in [0.1, 0.15) is 27.2 Å². The highest BCUT2D eigenvalue weighted by molar-refractivity contribution is 7.83. The fourth-order valence-corrected chi connectivity index (χ4v) is 7.91. The van der Waals surface area contributed by atoms with Crippen LogP contribution in [0.15, 0.2) is 95.2 Å². The van der Waals surface area contributed by atoms with Crippen molar-refractivity contribution in [1.82, 2.24) is 3.97 Å². The van der Waals surface area contributed by atoms with Gasteiger partial charge in [-0.3, -0.25) is 3.97 Å². The van der Waals surface area contributed by atoms with Crippen molar-refractivity contribution in [2.45, 2.75) is 11.3 Å². The van der Waals surface area contributed by atoms with Gasteiger partial charge < -0.3 is 4.74 Å². The molecule has 0 N–H and O–H groups in total. The first-order valence-corrected chi connectivity index (χ1v) is 16.5. The van der Waals surface area contributed by atoms with Gasteiger partial charge in [-0.2, -0.15) is 5.26 Å². The Kier molecular flexibility index (Phi) is 8.86. The number of rotatable bonds is 7. The van der Waals surface area contributed by atoms with Gasteiger partial charge in [0.25, 0.3) is 6.43 Å². The Balaban J connectivity index is 1.65. The second kappa shape index (κ2) is 12.9. The summed E-state index contributed by atoms with van der Waals surface area (Å²) in [6, 6.07) is 23.7. The number of aromatic nitrogens is 1. The Morgan fingerprint density at radius 1 is 1.02 bits per heavy atom. The number of halogens is 4. The maximum atomic E-state index is 14.8. The molecule has 12 heteroatoms. The Morgan fingerprint density at radius 2 is 1.76 bits per heavy atom. The zero-order chi connectivity index (χ0) is 32.7. The van der Waals surface area contributed by atoms with Gasteiger partial charge in [-0.15, -0.1) is 20.6 Å². The summed E-state index contributed by atoms with van der Waals surface area (Å²) in [5.41, 5.74) is 3.75. The molecule has 2 aromatic heterocycles. The van der Waals surface area contributed by atoms with Gasteiger partial charge in [0.05, 0.1) is 28.8 Å². The van der Waals surface area contributed by atoms with Gasteiger partial charge >= 0.3 is 5.97 Å². The van der Waals surface area contributed by atoms with Gasteiger partial charge in [-0.25, -0.2) is 22.2 Å². The molecule has 6 aromatic rings. The number of ether oxygens (including phenoxy) is 1. The number of thiophene rings is 1. The summed E-state index contributed by atoms with van der Waals surface area (Å²) in [4.78, 5) is 12.9. The summed E-state index contributed by atoms with van der Waals surface area (Å²) in [6.07, 6.45) is -2.69. The first-order valence-electron chi connectivity index (χ1n) is 13.5. The molecule has 0 saturated carbocycles. The molecule has 0 aliphatic heterocycles. The van der Waals surface area contributed by atoms with Crippen LogP contribution in [0.4, 0.5) is 13.2 Å². The van der Waals surface area contributed by atoms with Crippen LogP contribution < -0.4 is 5.30 Å². The van der Waals surface area contributed by atoms with Crippen molar-refractivity contribution in [3.63, 3.8) is 0 Å². The lowest BCUT2D eigenvalue weighted by Gasteiger charge is -2.15. The molecule has 0 fully saturated rings. The molecule has 6 rings (SSSR count). The molecular weight excluding hydrogens is 672 g/mol. The van der Waals surface area contributed by atoms with Crippen LogP contribution in [-0.2, 0) is 15.7 Å². The number of benzene rings is 4. The summed E-state index contributed by atoms with van der Waals surface area (Å²) in [5, 5.41) is 13.0. The van der Waals surface area contributed by atoms with Crippen molar-refractivity contribution in [1.29, 1.82) is 5.26 Å². The minimum atomic E-state index is -2.69. The Labute approximate surface area is 275 Å². The van der Waals surface area contributed by atoms with Gasteiger partial charge in [0.15, 0.2) is 11.0 Å². The Hall–Kier alpha value is -4.26. The van der Waals surface area contributed by atoms with Crippen molar-refractivity contribution in [3.05, 3.63) is 117 Å². The first kappa shape index (κ1) is 31.7. The van der Waals surface area contributed by atoms with Crippen molar-refractivity contribution in [3.8, 4) is 39.6 Å². The van der Waals surface area contributed by atoms with E-state index < -0.39 is 29.2 Å². The summed E-state index contributed by atoms with van der Waals surface area (Å²) in [6.45, 7) is 0. The van der Waals surface area contributed by atoms with Crippen LogP contribution in [0.3, 0.4) is 0 Å². The van der Waals surface area contributed by atoms with Crippen molar-refractivity contribution >= 4 is 65.3 Å². The standard InChI is InChI=1S/C34H21ClF3N2O3PS2/c1-43-34(41)26-15-27(35)24(16-29(26)44)19-3-2-4-20(13-19)32-31(23-11-12-45-30(23)17-39)25-14-21(36)7-10-28(25)40(32)46(42)22-8-5-18(6-9-22)33(37)38/h2-16,33H,44H2,1H3. The van der Waals surface area contributed by atoms with Crippen LogP contribution in [0, 0.1) is 17.1 Å². The quantitative estimate of drug-likeness (QED) is 0.124. The number of nitrogens with zero attached hydrogens (tertiary/aromatic N) is 2. The second-order valence-electron chi connectivity index (χ2n) is 10.1. The number of esters is 1. The third-order valence-corrected chi connectivity index (χ3v) is 10.4. The van der Waals surface area contributed by atoms with Crippen molar-refractivity contribution < 1.29 is 26.9 Å². The number of methoxy groups -OCH3 is 1. The minimum Gasteiger partial charge on any atom is -0.465 e. The Morgan fingerprint density at radius 3 is 2.46 bits per heavy atom. The zero-order valence-electron chi connectivity index (χ0n) is 23.8. The molecule has 0 bridgehead atoms. The SMILES string of the molecule is COC(=O)c1cc(Cl)c(-c2cccc(-c3c(-c4ccsc4C#N)c4cc(F)ccc4n3S(=O)c3ccc(C(F)F)cc3)c2)cc1P.